The molecule has 3 heterocycles. The van der Waals surface area contributed by atoms with Gasteiger partial charge in [0, 0.05) is 17.0 Å². The summed E-state index contributed by atoms with van der Waals surface area (Å²) in [5.41, 5.74) is 8.08. The van der Waals surface area contributed by atoms with Gasteiger partial charge >= 0.3 is 5.97 Å². The highest BCUT2D eigenvalue weighted by Gasteiger charge is 2.12. The number of fused-ring (bicyclic) bond motifs is 1. The van der Waals surface area contributed by atoms with Gasteiger partial charge in [-0.05, 0) is 24.3 Å². The number of ether oxygens (including phenoxy) is 1. The highest BCUT2D eigenvalue weighted by atomic mass is 32.1. The van der Waals surface area contributed by atoms with Crippen molar-refractivity contribution in [1.82, 2.24) is 19.9 Å². The van der Waals surface area contributed by atoms with Crippen LogP contribution in [0.2, 0.25) is 0 Å². The number of pyridine rings is 1. The second-order valence-corrected chi connectivity index (χ2v) is 6.60. The molecule has 0 atom stereocenters. The molecule has 8 heteroatoms. The van der Waals surface area contributed by atoms with E-state index in [1.54, 1.807) is 6.20 Å². The first-order valence-electron chi connectivity index (χ1n) is 8.21. The maximum absolute atomic E-state index is 12.1. The topological polar surface area (TPSA) is 104 Å². The van der Waals surface area contributed by atoms with Gasteiger partial charge in [-0.1, -0.05) is 18.2 Å². The fourth-order valence-corrected chi connectivity index (χ4v) is 3.35. The lowest BCUT2D eigenvalue weighted by Crippen LogP contribution is -2.10. The van der Waals surface area contributed by atoms with Gasteiger partial charge in [0.25, 0.3) is 0 Å². The monoisotopic (exact) mass is 377 g/mol. The van der Waals surface area contributed by atoms with Crippen molar-refractivity contribution in [1.29, 1.82) is 0 Å². The highest BCUT2D eigenvalue weighted by Crippen LogP contribution is 2.22. The van der Waals surface area contributed by atoms with E-state index in [9.17, 15) is 4.79 Å². The van der Waals surface area contributed by atoms with Gasteiger partial charge in [-0.25, -0.2) is 15.0 Å². The number of hydrogen-bond donors (Lipinski definition) is 1. The minimum absolute atomic E-state index is 0.0366. The van der Waals surface area contributed by atoms with Crippen LogP contribution < -0.4 is 5.73 Å². The van der Waals surface area contributed by atoms with Crippen LogP contribution in [0.4, 0.5) is 5.82 Å². The van der Waals surface area contributed by atoms with Gasteiger partial charge in [0.15, 0.2) is 12.4 Å². The van der Waals surface area contributed by atoms with Crippen LogP contribution >= 0.6 is 11.3 Å². The van der Waals surface area contributed by atoms with Crippen LogP contribution in [0, 0.1) is 0 Å². The number of thiazole rings is 1. The van der Waals surface area contributed by atoms with Crippen molar-refractivity contribution >= 4 is 34.0 Å². The maximum atomic E-state index is 12.1. The third kappa shape index (κ3) is 3.90. The molecule has 0 aliphatic rings. The largest absolute Gasteiger partial charge is 0.457 e. The summed E-state index contributed by atoms with van der Waals surface area (Å²) in [6.45, 7) is -0.0366. The van der Waals surface area contributed by atoms with E-state index < -0.39 is 5.97 Å². The lowest BCUT2D eigenvalue weighted by atomic mass is 10.2. The zero-order valence-corrected chi connectivity index (χ0v) is 15.0. The van der Waals surface area contributed by atoms with E-state index >= 15 is 0 Å². The zero-order valence-electron chi connectivity index (χ0n) is 14.2. The first-order valence-corrected chi connectivity index (χ1v) is 9.09. The lowest BCUT2D eigenvalue weighted by Gasteiger charge is -2.06. The summed E-state index contributed by atoms with van der Waals surface area (Å²) in [6.07, 6.45) is 1.78. The molecular weight excluding hydrogens is 362 g/mol. The number of para-hydroxylation sites is 1. The predicted octanol–water partition coefficient (Wildman–Crippen LogP) is 3.02. The maximum Gasteiger partial charge on any atom is 0.312 e. The van der Waals surface area contributed by atoms with Crippen LogP contribution in [-0.4, -0.2) is 25.9 Å². The second-order valence-electron chi connectivity index (χ2n) is 5.74. The summed E-state index contributed by atoms with van der Waals surface area (Å²) in [5, 5.41) is 3.37. The van der Waals surface area contributed by atoms with E-state index in [1.165, 1.54) is 11.3 Å². The first kappa shape index (κ1) is 17.0. The van der Waals surface area contributed by atoms with Crippen LogP contribution in [-0.2, 0) is 22.6 Å². The fourth-order valence-electron chi connectivity index (χ4n) is 2.55. The molecule has 3 aromatic heterocycles. The highest BCUT2D eigenvalue weighted by molar-refractivity contribution is 7.13. The standard InChI is InChI=1S/C19H15N5O2S/c20-18-13-5-1-2-6-14(13)23-16(24-18)10-26-17(25)9-12-11-27-19(22-12)15-7-3-4-8-21-15/h1-8,11H,9-10H2,(H2,20,23,24). The number of hydrogen-bond acceptors (Lipinski definition) is 8. The van der Waals surface area contributed by atoms with Crippen molar-refractivity contribution in [3.8, 4) is 10.7 Å². The number of carbonyl (C=O) groups is 1. The van der Waals surface area contributed by atoms with E-state index in [0.29, 0.717) is 17.3 Å². The molecule has 0 bridgehead atoms. The molecular formula is C19H15N5O2S. The Morgan fingerprint density at radius 1 is 1.07 bits per heavy atom. The minimum atomic E-state index is -0.400. The molecule has 0 radical (unpaired) electrons. The minimum Gasteiger partial charge on any atom is -0.457 e. The van der Waals surface area contributed by atoms with Crippen LogP contribution in [0.5, 0.6) is 0 Å². The summed E-state index contributed by atoms with van der Waals surface area (Å²) >= 11 is 1.44. The molecule has 0 saturated carbocycles. The molecule has 0 fully saturated rings. The smallest absolute Gasteiger partial charge is 0.312 e. The normalized spacial score (nSPS) is 10.8. The Bertz CT molecular complexity index is 1100. The molecule has 7 nitrogen and oxygen atoms in total. The van der Waals surface area contributed by atoms with Crippen molar-refractivity contribution < 1.29 is 9.53 Å². The molecule has 4 aromatic rings. The molecule has 0 spiro atoms. The van der Waals surface area contributed by atoms with E-state index in [-0.39, 0.29) is 13.0 Å². The summed E-state index contributed by atoms with van der Waals surface area (Å²) in [4.78, 5) is 29.4. The molecule has 0 amide bonds. The summed E-state index contributed by atoms with van der Waals surface area (Å²) in [7, 11) is 0. The molecule has 0 aliphatic carbocycles. The van der Waals surface area contributed by atoms with Gasteiger partial charge in [-0.2, -0.15) is 0 Å². The lowest BCUT2D eigenvalue weighted by molar-refractivity contribution is -0.144. The van der Waals surface area contributed by atoms with E-state index in [2.05, 4.69) is 19.9 Å². The van der Waals surface area contributed by atoms with Gasteiger partial charge in [-0.3, -0.25) is 9.78 Å². The number of esters is 1. The SMILES string of the molecule is Nc1nc(COC(=O)Cc2csc(-c3ccccn3)n2)nc2ccccc12. The number of nitrogens with zero attached hydrogens (tertiary/aromatic N) is 4. The van der Waals surface area contributed by atoms with Crippen LogP contribution in [0.15, 0.2) is 54.0 Å². The van der Waals surface area contributed by atoms with Crippen LogP contribution in [0.3, 0.4) is 0 Å². The summed E-state index contributed by atoms with van der Waals surface area (Å²) in [5.74, 6) is 0.335. The molecule has 0 unspecified atom stereocenters. The Balaban J connectivity index is 1.40. The van der Waals surface area contributed by atoms with Gasteiger partial charge in [-0.15, -0.1) is 11.3 Å². The molecule has 2 N–H and O–H groups in total. The number of anilines is 1. The van der Waals surface area contributed by atoms with Crippen molar-refractivity contribution in [2.45, 2.75) is 13.0 Å². The van der Waals surface area contributed by atoms with Gasteiger partial charge in [0.05, 0.1) is 23.3 Å². The van der Waals surface area contributed by atoms with Crippen molar-refractivity contribution in [3.05, 3.63) is 65.6 Å². The third-order valence-corrected chi connectivity index (χ3v) is 4.72. The van der Waals surface area contributed by atoms with Crippen LogP contribution in [0.1, 0.15) is 11.5 Å². The van der Waals surface area contributed by atoms with Crippen molar-refractivity contribution in [2.75, 3.05) is 5.73 Å². The van der Waals surface area contributed by atoms with Gasteiger partial charge in [0.2, 0.25) is 0 Å². The average Bonchev–Trinajstić information content (AvgIpc) is 3.16. The Morgan fingerprint density at radius 2 is 1.93 bits per heavy atom. The first-order chi connectivity index (χ1) is 13.2. The molecule has 134 valence electrons. The second kappa shape index (κ2) is 7.46. The summed E-state index contributed by atoms with van der Waals surface area (Å²) in [6, 6.07) is 13.0. The predicted molar refractivity (Wildman–Crippen MR) is 103 cm³/mol. The van der Waals surface area contributed by atoms with Crippen molar-refractivity contribution in [3.63, 3.8) is 0 Å². The third-order valence-electron chi connectivity index (χ3n) is 3.80. The molecule has 1 aromatic carbocycles. The molecule has 27 heavy (non-hydrogen) atoms. The quantitative estimate of drug-likeness (QED) is 0.533. The van der Waals surface area contributed by atoms with Gasteiger partial charge in [0.1, 0.15) is 10.8 Å². The number of nitrogens with two attached hydrogens (primary N) is 1. The summed E-state index contributed by atoms with van der Waals surface area (Å²) < 4.78 is 5.28. The Kier molecular flexibility index (Phi) is 4.71. The molecule has 4 rings (SSSR count). The Labute approximate surface area is 158 Å². The fraction of sp³-hybridized carbons (Fsp3) is 0.105. The van der Waals surface area contributed by atoms with E-state index in [0.717, 1.165) is 21.6 Å². The average molecular weight is 377 g/mol. The van der Waals surface area contributed by atoms with Gasteiger partial charge < -0.3 is 10.5 Å². The van der Waals surface area contributed by atoms with E-state index in [1.807, 2.05) is 47.8 Å². The van der Waals surface area contributed by atoms with Crippen LogP contribution in [0.25, 0.3) is 21.6 Å². The van der Waals surface area contributed by atoms with Crippen molar-refractivity contribution in [2.24, 2.45) is 0 Å². The number of nitrogen functional groups attached to an aromatic ring is 1. The Morgan fingerprint density at radius 3 is 2.78 bits per heavy atom. The number of carbonyl (C=O) groups excluding carboxylic acids is 1. The molecule has 0 aliphatic heterocycles. The molecule has 0 saturated heterocycles. The zero-order chi connectivity index (χ0) is 18.6. The number of aromatic nitrogens is 4. The number of benzene rings is 1. The number of rotatable bonds is 5. The van der Waals surface area contributed by atoms with E-state index in [4.69, 9.17) is 10.5 Å². The Hall–Kier alpha value is -3.39.